The van der Waals surface area contributed by atoms with Crippen molar-refractivity contribution in [3.05, 3.63) is 89.5 Å². The fourth-order valence-electron chi connectivity index (χ4n) is 3.86. The van der Waals surface area contributed by atoms with E-state index in [0.717, 1.165) is 5.56 Å². The molecule has 4 nitrogen and oxygen atoms in total. The highest BCUT2D eigenvalue weighted by molar-refractivity contribution is 5.88. The third-order valence-electron chi connectivity index (χ3n) is 5.47. The number of methoxy groups -OCH3 is 1. The Morgan fingerprint density at radius 2 is 1.69 bits per heavy atom. The van der Waals surface area contributed by atoms with E-state index in [-0.39, 0.29) is 25.3 Å². The number of rotatable bonds is 6. The molecule has 4 rings (SSSR count). The van der Waals surface area contributed by atoms with Crippen LogP contribution in [0.2, 0.25) is 0 Å². The van der Waals surface area contributed by atoms with Gasteiger partial charge in [-0.15, -0.1) is 0 Å². The Bertz CT molecular complexity index is 1290. The molecular weight excluding hydrogens is 412 g/mol. The summed E-state index contributed by atoms with van der Waals surface area (Å²) in [5.41, 5.74) is 4.23. The topological polar surface area (TPSA) is 59.4 Å². The van der Waals surface area contributed by atoms with E-state index >= 15 is 0 Å². The van der Waals surface area contributed by atoms with Crippen LogP contribution in [0.25, 0.3) is 33.3 Å². The van der Waals surface area contributed by atoms with E-state index in [0.29, 0.717) is 38.9 Å². The maximum Gasteiger partial charge on any atom is 0.305 e. The lowest BCUT2D eigenvalue weighted by molar-refractivity contribution is -0.140. The lowest BCUT2D eigenvalue weighted by Gasteiger charge is -2.16. The maximum absolute atomic E-state index is 14.2. The highest BCUT2D eigenvalue weighted by atomic mass is 19.1. The number of hydrogen-bond donors (Lipinski definition) is 1. The van der Waals surface area contributed by atoms with Gasteiger partial charge in [-0.3, -0.25) is 4.79 Å². The summed E-state index contributed by atoms with van der Waals surface area (Å²) in [6, 6.07) is 18.0. The summed E-state index contributed by atoms with van der Waals surface area (Å²) < 4.78 is 32.8. The zero-order chi connectivity index (χ0) is 22.7. The molecule has 0 aliphatic carbocycles. The molecule has 0 radical (unpaired) electrons. The van der Waals surface area contributed by atoms with Gasteiger partial charge in [0.25, 0.3) is 0 Å². The number of aliphatic hydroxyl groups is 1. The molecule has 0 unspecified atom stereocenters. The number of fused-ring (bicyclic) bond motifs is 1. The molecule has 0 amide bonds. The minimum atomic E-state index is -0.435. The molecular formula is C26H21F2NO3. The van der Waals surface area contributed by atoms with Gasteiger partial charge in [-0.1, -0.05) is 42.5 Å². The van der Waals surface area contributed by atoms with Crippen LogP contribution in [0.1, 0.15) is 17.5 Å². The van der Waals surface area contributed by atoms with Gasteiger partial charge in [0.15, 0.2) is 0 Å². The summed E-state index contributed by atoms with van der Waals surface area (Å²) in [5, 5.41) is 10.6. The summed E-state index contributed by atoms with van der Waals surface area (Å²) >= 11 is 0. The monoisotopic (exact) mass is 433 g/mol. The Labute approximate surface area is 184 Å². The van der Waals surface area contributed by atoms with Crippen LogP contribution in [0.4, 0.5) is 8.78 Å². The molecule has 1 N–H and O–H groups in total. The van der Waals surface area contributed by atoms with Crippen LogP contribution in [0.15, 0.2) is 66.7 Å². The smallest absolute Gasteiger partial charge is 0.305 e. The number of benzene rings is 3. The van der Waals surface area contributed by atoms with E-state index < -0.39 is 11.8 Å². The zero-order valence-corrected chi connectivity index (χ0v) is 17.4. The Hall–Kier alpha value is -3.64. The summed E-state index contributed by atoms with van der Waals surface area (Å²) in [4.78, 5) is 16.5. The average Bonchev–Trinajstić information content (AvgIpc) is 2.82. The Morgan fingerprint density at radius 1 is 0.969 bits per heavy atom. The molecule has 0 atom stereocenters. The number of halogens is 2. The Kier molecular flexibility index (Phi) is 6.23. The zero-order valence-electron chi connectivity index (χ0n) is 17.4. The number of aliphatic hydroxyl groups excluding tert-OH is 1. The predicted molar refractivity (Wildman–Crippen MR) is 119 cm³/mol. The van der Waals surface area contributed by atoms with Crippen LogP contribution in [-0.4, -0.2) is 23.2 Å². The normalized spacial score (nSPS) is 11.0. The number of carbonyl (C=O) groups excluding carboxylic acids is 1. The van der Waals surface area contributed by atoms with E-state index in [9.17, 15) is 18.7 Å². The minimum Gasteiger partial charge on any atom is -0.469 e. The number of carbonyl (C=O) groups is 1. The van der Waals surface area contributed by atoms with Crippen molar-refractivity contribution in [1.29, 1.82) is 0 Å². The molecule has 0 saturated heterocycles. The van der Waals surface area contributed by atoms with Gasteiger partial charge in [0.1, 0.15) is 11.6 Å². The largest absolute Gasteiger partial charge is 0.469 e. The van der Waals surface area contributed by atoms with Crippen LogP contribution in [0.5, 0.6) is 0 Å². The van der Waals surface area contributed by atoms with Crippen molar-refractivity contribution in [2.75, 3.05) is 7.11 Å². The highest BCUT2D eigenvalue weighted by Crippen LogP contribution is 2.33. The molecule has 1 aromatic heterocycles. The van der Waals surface area contributed by atoms with Crippen molar-refractivity contribution in [2.45, 2.75) is 19.4 Å². The van der Waals surface area contributed by atoms with E-state index in [2.05, 4.69) is 0 Å². The van der Waals surface area contributed by atoms with Crippen molar-refractivity contribution >= 4 is 16.9 Å². The fourth-order valence-corrected chi connectivity index (χ4v) is 3.86. The van der Waals surface area contributed by atoms with Gasteiger partial charge >= 0.3 is 5.97 Å². The van der Waals surface area contributed by atoms with E-state index in [4.69, 9.17) is 9.72 Å². The standard InChI is InChI=1S/C26H21F2NO3/c1-32-25(31)13-11-20-22(15-30)21-14-18(27)10-12-24(21)29-26(20)17-8-6-16(7-9-17)19-4-2-3-5-23(19)28/h2-10,12,14,30H,11,13,15H2,1H3. The summed E-state index contributed by atoms with van der Waals surface area (Å²) in [6.07, 6.45) is 0.360. The van der Waals surface area contributed by atoms with Crippen molar-refractivity contribution in [2.24, 2.45) is 0 Å². The van der Waals surface area contributed by atoms with Crippen LogP contribution >= 0.6 is 0 Å². The van der Waals surface area contributed by atoms with Gasteiger partial charge in [0.2, 0.25) is 0 Å². The second kappa shape index (κ2) is 9.24. The molecule has 0 fully saturated rings. The third-order valence-corrected chi connectivity index (χ3v) is 5.47. The van der Waals surface area contributed by atoms with Crippen molar-refractivity contribution in [1.82, 2.24) is 4.98 Å². The molecule has 0 aliphatic heterocycles. The highest BCUT2D eigenvalue weighted by Gasteiger charge is 2.18. The lowest BCUT2D eigenvalue weighted by atomic mass is 9.93. The van der Waals surface area contributed by atoms with Gasteiger partial charge in [-0.2, -0.15) is 0 Å². The first-order valence-electron chi connectivity index (χ1n) is 10.2. The molecule has 1 heterocycles. The number of esters is 1. The molecule has 4 aromatic rings. The first-order valence-corrected chi connectivity index (χ1v) is 10.2. The molecule has 32 heavy (non-hydrogen) atoms. The third kappa shape index (κ3) is 4.22. The maximum atomic E-state index is 14.2. The minimum absolute atomic E-state index is 0.0896. The van der Waals surface area contributed by atoms with E-state index in [1.54, 1.807) is 36.4 Å². The molecule has 0 aliphatic rings. The number of aromatic nitrogens is 1. The van der Waals surface area contributed by atoms with Crippen LogP contribution in [0.3, 0.4) is 0 Å². The van der Waals surface area contributed by atoms with Crippen LogP contribution < -0.4 is 0 Å². The van der Waals surface area contributed by atoms with Crippen molar-refractivity contribution in [3.63, 3.8) is 0 Å². The molecule has 0 bridgehead atoms. The second-order valence-corrected chi connectivity index (χ2v) is 7.37. The van der Waals surface area contributed by atoms with Crippen molar-refractivity contribution in [3.8, 4) is 22.4 Å². The Morgan fingerprint density at radius 3 is 2.38 bits per heavy atom. The fraction of sp³-hybridized carbons (Fsp3) is 0.154. The summed E-state index contributed by atoms with van der Waals surface area (Å²) in [6.45, 7) is -0.334. The molecule has 0 spiro atoms. The van der Waals surface area contributed by atoms with Crippen LogP contribution in [0, 0.1) is 11.6 Å². The summed E-state index contributed by atoms with van der Waals surface area (Å²) in [5.74, 6) is -1.14. The van der Waals surface area contributed by atoms with Gasteiger partial charge in [0.05, 0.1) is 24.9 Å². The Balaban J connectivity index is 1.85. The van der Waals surface area contributed by atoms with Gasteiger partial charge < -0.3 is 9.84 Å². The number of nitrogens with zero attached hydrogens (tertiary/aromatic N) is 1. The molecule has 3 aromatic carbocycles. The van der Waals surface area contributed by atoms with E-state index in [1.165, 1.54) is 25.3 Å². The molecule has 0 saturated carbocycles. The SMILES string of the molecule is COC(=O)CCc1c(-c2ccc(-c3ccccc3F)cc2)nc2ccc(F)cc2c1CO. The summed E-state index contributed by atoms with van der Waals surface area (Å²) in [7, 11) is 1.31. The molecule has 6 heteroatoms. The predicted octanol–water partition coefficient (Wildman–Crippen LogP) is 5.44. The second-order valence-electron chi connectivity index (χ2n) is 7.37. The first kappa shape index (κ1) is 21.6. The van der Waals surface area contributed by atoms with Gasteiger partial charge in [-0.25, -0.2) is 13.8 Å². The number of pyridine rings is 1. The van der Waals surface area contributed by atoms with E-state index in [1.807, 2.05) is 12.1 Å². The van der Waals surface area contributed by atoms with Gasteiger partial charge in [0, 0.05) is 22.9 Å². The quantitative estimate of drug-likeness (QED) is 0.411. The van der Waals surface area contributed by atoms with Gasteiger partial charge in [-0.05, 0) is 47.4 Å². The number of hydrogen-bond acceptors (Lipinski definition) is 4. The first-order chi connectivity index (χ1) is 15.5. The van der Waals surface area contributed by atoms with Crippen molar-refractivity contribution < 1.29 is 23.4 Å². The number of ether oxygens (including phenoxy) is 1. The average molecular weight is 433 g/mol. The lowest BCUT2D eigenvalue weighted by Crippen LogP contribution is -2.07. The molecule has 162 valence electrons. The van der Waals surface area contributed by atoms with Crippen LogP contribution in [-0.2, 0) is 22.6 Å².